The predicted molar refractivity (Wildman–Crippen MR) is 67.5 cm³/mol. The van der Waals surface area contributed by atoms with Crippen LogP contribution in [0.25, 0.3) is 0 Å². The van der Waals surface area contributed by atoms with Crippen molar-refractivity contribution >= 4 is 5.91 Å². The Morgan fingerprint density at radius 3 is 2.53 bits per heavy atom. The molecule has 0 unspecified atom stereocenters. The van der Waals surface area contributed by atoms with Gasteiger partial charge >= 0.3 is 0 Å². The number of ether oxygens (including phenoxy) is 2. The van der Waals surface area contributed by atoms with Crippen LogP contribution in [0.15, 0.2) is 18.2 Å². The first-order chi connectivity index (χ1) is 9.08. The van der Waals surface area contributed by atoms with Crippen LogP contribution in [-0.4, -0.2) is 48.1 Å². The lowest BCUT2D eigenvalue weighted by Gasteiger charge is -2.26. The maximum atomic E-state index is 12.0. The fraction of sp³-hybridized carbons (Fsp3) is 0.462. The number of carbonyl (C=O) groups is 1. The third-order valence-electron chi connectivity index (χ3n) is 2.92. The van der Waals surface area contributed by atoms with Crippen LogP contribution >= 0.6 is 0 Å². The minimum atomic E-state index is -1.05. The van der Waals surface area contributed by atoms with Gasteiger partial charge in [-0.25, -0.2) is 0 Å². The highest BCUT2D eigenvalue weighted by Gasteiger charge is 2.25. The second-order valence-electron chi connectivity index (χ2n) is 4.69. The van der Waals surface area contributed by atoms with Gasteiger partial charge in [0.2, 0.25) is 0 Å². The number of aliphatic hydroxyl groups is 2. The number of rotatable bonds is 4. The van der Waals surface area contributed by atoms with E-state index in [1.165, 1.54) is 0 Å². The number of hydrogen-bond donors (Lipinski definition) is 3. The molecule has 0 aliphatic carbocycles. The summed E-state index contributed by atoms with van der Waals surface area (Å²) in [5.41, 5.74) is -0.665. The van der Waals surface area contributed by atoms with Gasteiger partial charge in [-0.1, -0.05) is 0 Å². The largest absolute Gasteiger partial charge is 0.486 e. The minimum absolute atomic E-state index is 0.347. The van der Waals surface area contributed by atoms with Crippen molar-refractivity contribution in [3.8, 4) is 11.5 Å². The molecule has 1 aromatic rings. The lowest BCUT2D eigenvalue weighted by molar-refractivity contribution is 0.0723. The summed E-state index contributed by atoms with van der Waals surface area (Å²) in [6.07, 6.45) is 0. The highest BCUT2D eigenvalue weighted by atomic mass is 16.6. The lowest BCUT2D eigenvalue weighted by atomic mass is 10.0. The monoisotopic (exact) mass is 267 g/mol. The zero-order valence-corrected chi connectivity index (χ0v) is 10.7. The van der Waals surface area contributed by atoms with Crippen LogP contribution in [0.1, 0.15) is 17.3 Å². The highest BCUT2D eigenvalue weighted by molar-refractivity contribution is 5.95. The number of fused-ring (bicyclic) bond motifs is 1. The molecule has 0 saturated carbocycles. The molecule has 0 saturated heterocycles. The number of aliphatic hydroxyl groups excluding tert-OH is 2. The first-order valence-corrected chi connectivity index (χ1v) is 6.02. The van der Waals surface area contributed by atoms with E-state index < -0.39 is 5.54 Å². The van der Waals surface area contributed by atoms with Gasteiger partial charge in [-0.05, 0) is 25.1 Å². The second-order valence-corrected chi connectivity index (χ2v) is 4.69. The van der Waals surface area contributed by atoms with Crippen molar-refractivity contribution in [2.24, 2.45) is 0 Å². The van der Waals surface area contributed by atoms with Gasteiger partial charge < -0.3 is 25.0 Å². The van der Waals surface area contributed by atoms with E-state index in [-0.39, 0.29) is 19.1 Å². The molecule has 1 aliphatic rings. The quantitative estimate of drug-likeness (QED) is 0.711. The Kier molecular flexibility index (Phi) is 3.92. The number of carbonyl (C=O) groups excluding carboxylic acids is 1. The summed E-state index contributed by atoms with van der Waals surface area (Å²) in [5.74, 6) is 0.742. The smallest absolute Gasteiger partial charge is 0.252 e. The van der Waals surface area contributed by atoms with Crippen LogP contribution < -0.4 is 14.8 Å². The molecule has 0 spiro atoms. The van der Waals surface area contributed by atoms with Gasteiger partial charge in [0.1, 0.15) is 13.2 Å². The summed E-state index contributed by atoms with van der Waals surface area (Å²) in [7, 11) is 0. The minimum Gasteiger partial charge on any atom is -0.486 e. The van der Waals surface area contributed by atoms with E-state index >= 15 is 0 Å². The molecule has 1 amide bonds. The van der Waals surface area contributed by atoms with E-state index in [1.807, 2.05) is 0 Å². The Balaban J connectivity index is 2.15. The number of amides is 1. The van der Waals surface area contributed by atoms with E-state index in [1.54, 1.807) is 25.1 Å². The van der Waals surface area contributed by atoms with Crippen molar-refractivity contribution in [2.75, 3.05) is 26.4 Å². The van der Waals surface area contributed by atoms with Gasteiger partial charge in [0.15, 0.2) is 11.5 Å². The number of hydrogen-bond acceptors (Lipinski definition) is 5. The molecule has 3 N–H and O–H groups in total. The van der Waals surface area contributed by atoms with Crippen LogP contribution in [0, 0.1) is 0 Å². The zero-order chi connectivity index (χ0) is 13.9. The van der Waals surface area contributed by atoms with Gasteiger partial charge in [-0.2, -0.15) is 0 Å². The van der Waals surface area contributed by atoms with Gasteiger partial charge in [-0.15, -0.1) is 0 Å². The Morgan fingerprint density at radius 2 is 1.89 bits per heavy atom. The Labute approximate surface area is 111 Å². The molecule has 0 radical (unpaired) electrons. The third kappa shape index (κ3) is 2.97. The molecule has 1 heterocycles. The molecular weight excluding hydrogens is 250 g/mol. The topological polar surface area (TPSA) is 88.0 Å². The standard InChI is InChI=1S/C13H17NO5/c1-13(7-15,8-16)14-12(17)9-2-3-10-11(6-9)19-5-4-18-10/h2-3,6,15-16H,4-5,7-8H2,1H3,(H,14,17). The van der Waals surface area contributed by atoms with Crippen LogP contribution in [0.3, 0.4) is 0 Å². The summed E-state index contributed by atoms with van der Waals surface area (Å²) in [5, 5.41) is 20.9. The van der Waals surface area contributed by atoms with Gasteiger partial charge in [-0.3, -0.25) is 4.79 Å². The SMILES string of the molecule is CC(CO)(CO)NC(=O)c1ccc2c(c1)OCCO2. The van der Waals surface area contributed by atoms with Crippen molar-refractivity contribution in [1.29, 1.82) is 0 Å². The van der Waals surface area contributed by atoms with Crippen LogP contribution in [-0.2, 0) is 0 Å². The zero-order valence-electron chi connectivity index (χ0n) is 10.7. The molecule has 0 aromatic heterocycles. The van der Waals surface area contributed by atoms with Crippen molar-refractivity contribution in [3.63, 3.8) is 0 Å². The normalized spacial score (nSPS) is 14.1. The van der Waals surface area contributed by atoms with E-state index in [2.05, 4.69) is 5.32 Å². The van der Waals surface area contributed by atoms with Crippen LogP contribution in [0.5, 0.6) is 11.5 Å². The van der Waals surface area contributed by atoms with Crippen molar-refractivity contribution in [1.82, 2.24) is 5.32 Å². The van der Waals surface area contributed by atoms with E-state index in [4.69, 9.17) is 19.7 Å². The van der Waals surface area contributed by atoms with Crippen LogP contribution in [0.4, 0.5) is 0 Å². The number of nitrogens with one attached hydrogen (secondary N) is 1. The molecular formula is C13H17NO5. The summed E-state index contributed by atoms with van der Waals surface area (Å²) in [4.78, 5) is 12.0. The van der Waals surface area contributed by atoms with Crippen molar-refractivity contribution in [2.45, 2.75) is 12.5 Å². The summed E-state index contributed by atoms with van der Waals surface area (Å²) in [6.45, 7) is 1.80. The Morgan fingerprint density at radius 1 is 1.26 bits per heavy atom. The van der Waals surface area contributed by atoms with E-state index in [0.29, 0.717) is 30.3 Å². The maximum Gasteiger partial charge on any atom is 0.252 e. The summed E-state index contributed by atoms with van der Waals surface area (Å²) >= 11 is 0. The van der Waals surface area contributed by atoms with Gasteiger partial charge in [0.25, 0.3) is 5.91 Å². The summed E-state index contributed by atoms with van der Waals surface area (Å²) in [6, 6.07) is 4.86. The molecule has 1 aromatic carbocycles. The molecule has 19 heavy (non-hydrogen) atoms. The average Bonchev–Trinajstić information content (AvgIpc) is 2.46. The second kappa shape index (κ2) is 5.46. The Hall–Kier alpha value is -1.79. The van der Waals surface area contributed by atoms with E-state index in [0.717, 1.165) is 0 Å². The van der Waals surface area contributed by atoms with Crippen molar-refractivity contribution in [3.05, 3.63) is 23.8 Å². The average molecular weight is 267 g/mol. The first kappa shape index (κ1) is 13.6. The Bertz CT molecular complexity index is 470. The highest BCUT2D eigenvalue weighted by Crippen LogP contribution is 2.30. The molecule has 6 nitrogen and oxygen atoms in total. The van der Waals surface area contributed by atoms with E-state index in [9.17, 15) is 4.79 Å². The third-order valence-corrected chi connectivity index (χ3v) is 2.92. The fourth-order valence-electron chi connectivity index (χ4n) is 1.66. The summed E-state index contributed by atoms with van der Waals surface area (Å²) < 4.78 is 10.8. The lowest BCUT2D eigenvalue weighted by Crippen LogP contribution is -2.51. The fourth-order valence-corrected chi connectivity index (χ4v) is 1.66. The van der Waals surface area contributed by atoms with Gasteiger partial charge in [0, 0.05) is 5.56 Å². The molecule has 2 rings (SSSR count). The molecule has 0 bridgehead atoms. The molecule has 0 fully saturated rings. The maximum absolute atomic E-state index is 12.0. The van der Waals surface area contributed by atoms with Crippen LogP contribution in [0.2, 0.25) is 0 Å². The number of benzene rings is 1. The predicted octanol–water partition coefficient (Wildman–Crippen LogP) is -0.0691. The molecule has 104 valence electrons. The first-order valence-electron chi connectivity index (χ1n) is 6.02. The molecule has 1 aliphatic heterocycles. The molecule has 6 heteroatoms. The van der Waals surface area contributed by atoms with Gasteiger partial charge in [0.05, 0.1) is 18.8 Å². The molecule has 0 atom stereocenters. The van der Waals surface area contributed by atoms with Crippen molar-refractivity contribution < 1.29 is 24.5 Å².